The topological polar surface area (TPSA) is 20.2 Å². The SMILES string of the molecule is CCCCC(c1ccccc1)c1ccccc1O. The first-order valence-corrected chi connectivity index (χ1v) is 6.65. The average Bonchev–Trinajstić information content (AvgIpc) is 2.42. The third-order valence-electron chi connectivity index (χ3n) is 3.36. The standard InChI is InChI=1S/C17H20O/c1-2-3-11-15(14-9-5-4-6-10-14)16-12-7-8-13-17(16)18/h4-10,12-13,15,18H,2-3,11H2,1H3. The van der Waals surface area contributed by atoms with Crippen LogP contribution in [-0.4, -0.2) is 5.11 Å². The van der Waals surface area contributed by atoms with Gasteiger partial charge in [-0.2, -0.15) is 0 Å². The Kier molecular flexibility index (Phi) is 4.40. The quantitative estimate of drug-likeness (QED) is 0.802. The van der Waals surface area contributed by atoms with Crippen LogP contribution in [0.15, 0.2) is 54.6 Å². The maximum atomic E-state index is 10.0. The second-order valence-corrected chi connectivity index (χ2v) is 4.66. The lowest BCUT2D eigenvalue weighted by Crippen LogP contribution is -2.01. The molecule has 0 aliphatic rings. The van der Waals surface area contributed by atoms with Crippen LogP contribution in [0.2, 0.25) is 0 Å². The molecule has 0 heterocycles. The number of para-hydroxylation sites is 1. The van der Waals surface area contributed by atoms with Crippen LogP contribution in [0.3, 0.4) is 0 Å². The minimum absolute atomic E-state index is 0.298. The summed E-state index contributed by atoms with van der Waals surface area (Å²) in [5.74, 6) is 0.704. The van der Waals surface area contributed by atoms with Gasteiger partial charge < -0.3 is 5.11 Å². The number of hydrogen-bond donors (Lipinski definition) is 1. The third-order valence-corrected chi connectivity index (χ3v) is 3.36. The predicted molar refractivity (Wildman–Crippen MR) is 75.9 cm³/mol. The fourth-order valence-corrected chi connectivity index (χ4v) is 2.38. The summed E-state index contributed by atoms with van der Waals surface area (Å²) >= 11 is 0. The first-order valence-electron chi connectivity index (χ1n) is 6.65. The van der Waals surface area contributed by atoms with Crippen LogP contribution in [0.4, 0.5) is 0 Å². The van der Waals surface area contributed by atoms with Gasteiger partial charge in [-0.1, -0.05) is 68.3 Å². The summed E-state index contributed by atoms with van der Waals surface area (Å²) < 4.78 is 0. The van der Waals surface area contributed by atoms with Gasteiger partial charge in [0.15, 0.2) is 0 Å². The zero-order valence-electron chi connectivity index (χ0n) is 10.8. The number of rotatable bonds is 5. The molecule has 2 aromatic rings. The van der Waals surface area contributed by atoms with E-state index >= 15 is 0 Å². The average molecular weight is 240 g/mol. The number of benzene rings is 2. The van der Waals surface area contributed by atoms with Gasteiger partial charge >= 0.3 is 0 Å². The molecular formula is C17H20O. The van der Waals surface area contributed by atoms with Gasteiger partial charge in [0.05, 0.1) is 0 Å². The highest BCUT2D eigenvalue weighted by Gasteiger charge is 2.16. The lowest BCUT2D eigenvalue weighted by molar-refractivity contribution is 0.461. The van der Waals surface area contributed by atoms with E-state index in [1.165, 1.54) is 18.4 Å². The van der Waals surface area contributed by atoms with Crippen LogP contribution >= 0.6 is 0 Å². The second-order valence-electron chi connectivity index (χ2n) is 4.66. The smallest absolute Gasteiger partial charge is 0.119 e. The zero-order valence-corrected chi connectivity index (χ0v) is 10.8. The Morgan fingerprint density at radius 3 is 2.28 bits per heavy atom. The third kappa shape index (κ3) is 2.92. The van der Waals surface area contributed by atoms with Gasteiger partial charge in [-0.25, -0.2) is 0 Å². The van der Waals surface area contributed by atoms with E-state index in [0.29, 0.717) is 11.7 Å². The first-order chi connectivity index (χ1) is 8.83. The van der Waals surface area contributed by atoms with E-state index in [1.54, 1.807) is 6.07 Å². The van der Waals surface area contributed by atoms with Crippen LogP contribution in [0.25, 0.3) is 0 Å². The molecule has 0 aliphatic heterocycles. The number of phenolic OH excluding ortho intramolecular Hbond substituents is 1. The van der Waals surface area contributed by atoms with Crippen molar-refractivity contribution >= 4 is 0 Å². The van der Waals surface area contributed by atoms with Crippen LogP contribution in [0.1, 0.15) is 43.2 Å². The molecule has 18 heavy (non-hydrogen) atoms. The Morgan fingerprint density at radius 2 is 1.61 bits per heavy atom. The molecule has 0 fully saturated rings. The van der Waals surface area contributed by atoms with Crippen molar-refractivity contribution in [1.29, 1.82) is 0 Å². The normalized spacial score (nSPS) is 12.3. The molecule has 0 aliphatic carbocycles. The van der Waals surface area contributed by atoms with Gasteiger partial charge in [0.25, 0.3) is 0 Å². The van der Waals surface area contributed by atoms with Crippen LogP contribution in [-0.2, 0) is 0 Å². The highest BCUT2D eigenvalue weighted by molar-refractivity contribution is 5.41. The Labute approximate surface area is 109 Å². The molecule has 0 amide bonds. The van der Waals surface area contributed by atoms with E-state index in [4.69, 9.17) is 0 Å². The molecule has 0 bridgehead atoms. The van der Waals surface area contributed by atoms with E-state index in [-0.39, 0.29) is 0 Å². The Morgan fingerprint density at radius 1 is 0.944 bits per heavy atom. The molecule has 94 valence electrons. The van der Waals surface area contributed by atoms with Crippen molar-refractivity contribution in [3.05, 3.63) is 65.7 Å². The minimum Gasteiger partial charge on any atom is -0.508 e. The van der Waals surface area contributed by atoms with Gasteiger partial charge in [-0.15, -0.1) is 0 Å². The van der Waals surface area contributed by atoms with Crippen molar-refractivity contribution in [2.45, 2.75) is 32.1 Å². The van der Waals surface area contributed by atoms with Crippen LogP contribution in [0.5, 0.6) is 5.75 Å². The fraction of sp³-hybridized carbons (Fsp3) is 0.294. The summed E-state index contributed by atoms with van der Waals surface area (Å²) in [6, 6.07) is 18.1. The molecule has 0 saturated carbocycles. The Hall–Kier alpha value is -1.76. The van der Waals surface area contributed by atoms with Crippen LogP contribution < -0.4 is 0 Å². The Bertz CT molecular complexity index is 476. The van der Waals surface area contributed by atoms with E-state index in [0.717, 1.165) is 12.0 Å². The van der Waals surface area contributed by atoms with E-state index in [9.17, 15) is 5.11 Å². The van der Waals surface area contributed by atoms with Crippen LogP contribution in [0, 0.1) is 0 Å². The summed E-state index contributed by atoms with van der Waals surface area (Å²) in [5.41, 5.74) is 2.32. The first kappa shape index (κ1) is 12.7. The number of phenols is 1. The molecule has 1 heteroatoms. The van der Waals surface area contributed by atoms with E-state index in [2.05, 4.69) is 31.2 Å². The van der Waals surface area contributed by atoms with Gasteiger partial charge in [-0.3, -0.25) is 0 Å². The molecule has 2 aromatic carbocycles. The molecule has 1 N–H and O–H groups in total. The van der Waals surface area contributed by atoms with Crippen molar-refractivity contribution in [2.75, 3.05) is 0 Å². The molecule has 0 radical (unpaired) electrons. The zero-order chi connectivity index (χ0) is 12.8. The fourth-order valence-electron chi connectivity index (χ4n) is 2.38. The van der Waals surface area contributed by atoms with Crippen molar-refractivity contribution in [3.8, 4) is 5.75 Å². The molecule has 1 nitrogen and oxygen atoms in total. The highest BCUT2D eigenvalue weighted by atomic mass is 16.3. The Balaban J connectivity index is 2.34. The molecule has 0 spiro atoms. The van der Waals surface area contributed by atoms with E-state index < -0.39 is 0 Å². The second kappa shape index (κ2) is 6.25. The molecule has 0 aromatic heterocycles. The molecular weight excluding hydrogens is 220 g/mol. The molecule has 1 atom stereocenters. The van der Waals surface area contributed by atoms with Crippen molar-refractivity contribution in [1.82, 2.24) is 0 Å². The molecule has 0 saturated heterocycles. The summed E-state index contributed by atoms with van der Waals surface area (Å²) in [4.78, 5) is 0. The van der Waals surface area contributed by atoms with Gasteiger partial charge in [0.2, 0.25) is 0 Å². The molecule has 1 unspecified atom stereocenters. The number of hydrogen-bond acceptors (Lipinski definition) is 1. The van der Waals surface area contributed by atoms with Crippen molar-refractivity contribution < 1.29 is 5.11 Å². The van der Waals surface area contributed by atoms with Crippen molar-refractivity contribution in [2.24, 2.45) is 0 Å². The number of aromatic hydroxyl groups is 1. The maximum Gasteiger partial charge on any atom is 0.119 e. The van der Waals surface area contributed by atoms with E-state index in [1.807, 2.05) is 24.3 Å². The summed E-state index contributed by atoms with van der Waals surface area (Å²) in [6.45, 7) is 2.20. The largest absolute Gasteiger partial charge is 0.508 e. The lowest BCUT2D eigenvalue weighted by Gasteiger charge is -2.18. The molecule has 2 rings (SSSR count). The highest BCUT2D eigenvalue weighted by Crippen LogP contribution is 2.34. The predicted octanol–water partition coefficient (Wildman–Crippen LogP) is 4.71. The van der Waals surface area contributed by atoms with Gasteiger partial charge in [-0.05, 0) is 18.1 Å². The lowest BCUT2D eigenvalue weighted by atomic mass is 9.86. The summed E-state index contributed by atoms with van der Waals surface area (Å²) in [7, 11) is 0. The minimum atomic E-state index is 0.298. The monoisotopic (exact) mass is 240 g/mol. The maximum absolute atomic E-state index is 10.0. The van der Waals surface area contributed by atoms with Gasteiger partial charge in [0.1, 0.15) is 5.75 Å². The summed E-state index contributed by atoms with van der Waals surface area (Å²) in [6.07, 6.45) is 3.43. The van der Waals surface area contributed by atoms with Gasteiger partial charge in [0, 0.05) is 11.5 Å². The number of unbranched alkanes of at least 4 members (excludes halogenated alkanes) is 1. The summed E-state index contributed by atoms with van der Waals surface area (Å²) in [5, 5.41) is 10.0. The van der Waals surface area contributed by atoms with Crippen molar-refractivity contribution in [3.63, 3.8) is 0 Å².